The summed E-state index contributed by atoms with van der Waals surface area (Å²) in [6.45, 7) is 8.21. The third kappa shape index (κ3) is 3.22. The lowest BCUT2D eigenvalue weighted by Crippen LogP contribution is -2.18. The predicted octanol–water partition coefficient (Wildman–Crippen LogP) is 0.609. The summed E-state index contributed by atoms with van der Waals surface area (Å²) in [5.41, 5.74) is 0. The first-order valence-electron chi connectivity index (χ1n) is 3.15. The third-order valence-corrected chi connectivity index (χ3v) is 1.00. The van der Waals surface area contributed by atoms with Gasteiger partial charge < -0.3 is 9.58 Å². The zero-order valence-corrected chi connectivity index (χ0v) is 6.20. The van der Waals surface area contributed by atoms with Crippen LogP contribution < -0.4 is 0 Å². The molecule has 0 aliphatic rings. The topological polar surface area (TPSA) is 54.5 Å². The first kappa shape index (κ1) is 9.45. The lowest BCUT2D eigenvalue weighted by molar-refractivity contribution is -0.145. The van der Waals surface area contributed by atoms with Crippen LogP contribution in [-0.4, -0.2) is 19.1 Å². The van der Waals surface area contributed by atoms with Gasteiger partial charge in [-0.25, -0.2) is 6.57 Å². The molecule has 0 saturated carbocycles. The quantitative estimate of drug-likeness (QED) is 0.439. The highest BCUT2D eigenvalue weighted by molar-refractivity contribution is 5.75. The SMILES string of the molecule is [C-]#[N+]CC(C#N)C(=O)OCC. The molecule has 0 aromatic carbocycles. The molecule has 0 aromatic rings. The molecule has 0 fully saturated rings. The van der Waals surface area contributed by atoms with Gasteiger partial charge in [0.15, 0.2) is 0 Å². The number of rotatable bonds is 3. The number of nitriles is 1. The molecule has 0 bridgehead atoms. The van der Waals surface area contributed by atoms with E-state index in [0.29, 0.717) is 0 Å². The van der Waals surface area contributed by atoms with Gasteiger partial charge in [-0.3, -0.25) is 4.79 Å². The predicted molar refractivity (Wildman–Crippen MR) is 37.2 cm³/mol. The Balaban J connectivity index is 3.97. The Morgan fingerprint density at radius 2 is 2.55 bits per heavy atom. The van der Waals surface area contributed by atoms with E-state index >= 15 is 0 Å². The van der Waals surface area contributed by atoms with Gasteiger partial charge in [-0.15, -0.1) is 0 Å². The van der Waals surface area contributed by atoms with Crippen LogP contribution in [-0.2, 0) is 9.53 Å². The molecule has 0 amide bonds. The summed E-state index contributed by atoms with van der Waals surface area (Å²) in [4.78, 5) is 13.7. The molecule has 0 aliphatic carbocycles. The molecule has 0 rings (SSSR count). The van der Waals surface area contributed by atoms with Gasteiger partial charge in [0.05, 0.1) is 12.7 Å². The van der Waals surface area contributed by atoms with Crippen molar-refractivity contribution in [2.75, 3.05) is 13.2 Å². The molecular formula is C7H8N2O2. The van der Waals surface area contributed by atoms with Crippen molar-refractivity contribution in [1.82, 2.24) is 0 Å². The van der Waals surface area contributed by atoms with Crippen LogP contribution in [0, 0.1) is 23.8 Å². The smallest absolute Gasteiger partial charge is 0.331 e. The Morgan fingerprint density at radius 1 is 1.91 bits per heavy atom. The highest BCUT2D eigenvalue weighted by Gasteiger charge is 2.21. The van der Waals surface area contributed by atoms with E-state index < -0.39 is 11.9 Å². The van der Waals surface area contributed by atoms with E-state index in [-0.39, 0.29) is 13.2 Å². The second kappa shape index (κ2) is 5.25. The largest absolute Gasteiger partial charge is 0.465 e. The van der Waals surface area contributed by atoms with Crippen LogP contribution in [0.1, 0.15) is 6.92 Å². The minimum atomic E-state index is -0.924. The molecule has 0 heterocycles. The Hall–Kier alpha value is -1.55. The molecule has 4 heteroatoms. The van der Waals surface area contributed by atoms with Gasteiger partial charge in [0.2, 0.25) is 12.5 Å². The fourth-order valence-electron chi connectivity index (χ4n) is 0.502. The lowest BCUT2D eigenvalue weighted by Gasteiger charge is -2.00. The van der Waals surface area contributed by atoms with Gasteiger partial charge in [-0.1, -0.05) is 0 Å². The molecule has 0 saturated heterocycles. The van der Waals surface area contributed by atoms with Crippen LogP contribution >= 0.6 is 0 Å². The van der Waals surface area contributed by atoms with Crippen molar-refractivity contribution >= 4 is 5.97 Å². The number of carbonyl (C=O) groups is 1. The second-order valence-corrected chi connectivity index (χ2v) is 1.77. The van der Waals surface area contributed by atoms with Gasteiger partial charge in [-0.05, 0) is 6.92 Å². The minimum absolute atomic E-state index is 0.116. The van der Waals surface area contributed by atoms with Crippen molar-refractivity contribution in [3.8, 4) is 6.07 Å². The summed E-state index contributed by atoms with van der Waals surface area (Å²) in [6.07, 6.45) is 0. The molecule has 1 unspecified atom stereocenters. The first-order chi connectivity index (χ1) is 5.26. The summed E-state index contributed by atoms with van der Waals surface area (Å²) in [6, 6.07) is 1.70. The van der Waals surface area contributed by atoms with E-state index in [1.165, 1.54) is 0 Å². The Bertz CT molecular complexity index is 211. The van der Waals surface area contributed by atoms with Crippen LogP contribution in [0.15, 0.2) is 0 Å². The Labute approximate surface area is 65.2 Å². The fraction of sp³-hybridized carbons (Fsp3) is 0.571. The van der Waals surface area contributed by atoms with Gasteiger partial charge in [-0.2, -0.15) is 5.26 Å². The number of nitrogens with zero attached hydrogens (tertiary/aromatic N) is 2. The summed E-state index contributed by atoms with van der Waals surface area (Å²) in [5.74, 6) is -1.53. The number of esters is 1. The van der Waals surface area contributed by atoms with E-state index in [0.717, 1.165) is 0 Å². The highest BCUT2D eigenvalue weighted by atomic mass is 16.5. The van der Waals surface area contributed by atoms with E-state index in [4.69, 9.17) is 11.8 Å². The first-order valence-corrected chi connectivity index (χ1v) is 3.15. The Morgan fingerprint density at radius 3 is 2.91 bits per heavy atom. The maximum Gasteiger partial charge on any atom is 0.331 e. The minimum Gasteiger partial charge on any atom is -0.465 e. The van der Waals surface area contributed by atoms with Gasteiger partial charge >= 0.3 is 5.97 Å². The molecule has 0 aliphatic heterocycles. The third-order valence-electron chi connectivity index (χ3n) is 1.00. The monoisotopic (exact) mass is 152 g/mol. The Kier molecular flexibility index (Phi) is 4.51. The summed E-state index contributed by atoms with van der Waals surface area (Å²) >= 11 is 0. The molecular weight excluding hydrogens is 144 g/mol. The number of hydrogen-bond acceptors (Lipinski definition) is 3. The molecule has 11 heavy (non-hydrogen) atoms. The van der Waals surface area contributed by atoms with Crippen LogP contribution in [0.25, 0.3) is 4.85 Å². The molecule has 58 valence electrons. The van der Waals surface area contributed by atoms with E-state index in [1.54, 1.807) is 13.0 Å². The van der Waals surface area contributed by atoms with Crippen molar-refractivity contribution in [2.24, 2.45) is 5.92 Å². The second-order valence-electron chi connectivity index (χ2n) is 1.77. The van der Waals surface area contributed by atoms with Gasteiger partial charge in [0, 0.05) is 0 Å². The van der Waals surface area contributed by atoms with Crippen molar-refractivity contribution in [3.05, 3.63) is 11.4 Å². The number of ether oxygens (including phenoxy) is 1. The molecule has 4 nitrogen and oxygen atoms in total. The maximum atomic E-state index is 10.8. The fourth-order valence-corrected chi connectivity index (χ4v) is 0.502. The molecule has 0 N–H and O–H groups in total. The highest BCUT2D eigenvalue weighted by Crippen LogP contribution is 1.98. The van der Waals surface area contributed by atoms with Crippen molar-refractivity contribution < 1.29 is 9.53 Å². The van der Waals surface area contributed by atoms with Crippen LogP contribution in [0.5, 0.6) is 0 Å². The van der Waals surface area contributed by atoms with Crippen LogP contribution in [0.4, 0.5) is 0 Å². The van der Waals surface area contributed by atoms with E-state index in [9.17, 15) is 4.79 Å². The number of hydrogen-bond donors (Lipinski definition) is 0. The van der Waals surface area contributed by atoms with Gasteiger partial charge in [0.25, 0.3) is 0 Å². The lowest BCUT2D eigenvalue weighted by atomic mass is 10.2. The van der Waals surface area contributed by atoms with E-state index in [1.807, 2.05) is 0 Å². The van der Waals surface area contributed by atoms with Gasteiger partial charge in [0.1, 0.15) is 0 Å². The van der Waals surface area contributed by atoms with Crippen molar-refractivity contribution in [3.63, 3.8) is 0 Å². The zero-order valence-electron chi connectivity index (χ0n) is 6.20. The van der Waals surface area contributed by atoms with Crippen molar-refractivity contribution in [2.45, 2.75) is 6.92 Å². The average molecular weight is 152 g/mol. The van der Waals surface area contributed by atoms with Crippen molar-refractivity contribution in [1.29, 1.82) is 5.26 Å². The summed E-state index contributed by atoms with van der Waals surface area (Å²) in [7, 11) is 0. The average Bonchev–Trinajstić information content (AvgIpc) is 2.00. The summed E-state index contributed by atoms with van der Waals surface area (Å²) in [5, 5.41) is 8.36. The molecule has 0 aromatic heterocycles. The normalized spacial score (nSPS) is 10.8. The number of carbonyl (C=O) groups excluding carboxylic acids is 1. The van der Waals surface area contributed by atoms with Crippen LogP contribution in [0.2, 0.25) is 0 Å². The molecule has 0 radical (unpaired) electrons. The van der Waals surface area contributed by atoms with Crippen LogP contribution in [0.3, 0.4) is 0 Å². The molecule has 1 atom stereocenters. The molecule has 0 spiro atoms. The summed E-state index contributed by atoms with van der Waals surface area (Å²) < 4.78 is 4.54. The van der Waals surface area contributed by atoms with E-state index in [2.05, 4.69) is 9.58 Å². The maximum absolute atomic E-state index is 10.8. The standard InChI is InChI=1S/C7H8N2O2/c1-3-11-7(10)6(4-8)5-9-2/h6H,3,5H2,1H3. The zero-order chi connectivity index (χ0) is 8.69.